The second-order valence-electron chi connectivity index (χ2n) is 7.47. The van der Waals surface area contributed by atoms with Crippen molar-refractivity contribution in [2.45, 2.75) is 26.4 Å². The summed E-state index contributed by atoms with van der Waals surface area (Å²) in [6.45, 7) is 7.51. The second kappa shape index (κ2) is 8.25. The molecule has 1 amide bonds. The summed E-state index contributed by atoms with van der Waals surface area (Å²) >= 11 is 0. The Labute approximate surface area is 167 Å². The number of piperazine rings is 1. The Bertz CT molecular complexity index is 878. The van der Waals surface area contributed by atoms with E-state index in [4.69, 9.17) is 4.74 Å². The summed E-state index contributed by atoms with van der Waals surface area (Å²) in [5.74, 6) is 1.08. The van der Waals surface area contributed by atoms with Crippen molar-refractivity contribution in [2.24, 2.45) is 0 Å². The molecule has 0 radical (unpaired) electrons. The van der Waals surface area contributed by atoms with Crippen molar-refractivity contribution in [1.29, 1.82) is 0 Å². The summed E-state index contributed by atoms with van der Waals surface area (Å²) in [4.78, 5) is 38.9. The molecule has 1 aliphatic rings. The van der Waals surface area contributed by atoms with Crippen LogP contribution in [0.1, 0.15) is 20.8 Å². The van der Waals surface area contributed by atoms with Crippen LogP contribution in [0, 0.1) is 10.1 Å². The minimum atomic E-state index is -0.546. The zero-order valence-corrected chi connectivity index (χ0v) is 16.5. The molecule has 1 N–H and O–H groups in total. The van der Waals surface area contributed by atoms with Crippen LogP contribution < -0.4 is 10.2 Å². The highest BCUT2D eigenvalue weighted by Crippen LogP contribution is 2.28. The number of pyridine rings is 1. The average Bonchev–Trinajstić information content (AvgIpc) is 2.67. The number of nitro groups is 1. The number of nitrogens with one attached hydrogen (secondary N) is 1. The molecule has 0 aromatic carbocycles. The Morgan fingerprint density at radius 3 is 2.52 bits per heavy atom. The number of hydrogen-bond donors (Lipinski definition) is 1. The minimum absolute atomic E-state index is 0.0979. The molecule has 0 aliphatic carbocycles. The largest absolute Gasteiger partial charge is 0.444 e. The van der Waals surface area contributed by atoms with E-state index in [9.17, 15) is 14.9 Å². The van der Waals surface area contributed by atoms with E-state index < -0.39 is 10.5 Å². The highest BCUT2D eigenvalue weighted by Gasteiger charge is 2.27. The predicted molar refractivity (Wildman–Crippen MR) is 106 cm³/mol. The van der Waals surface area contributed by atoms with E-state index in [-0.39, 0.29) is 17.6 Å². The zero-order chi connectivity index (χ0) is 21.0. The lowest BCUT2D eigenvalue weighted by Gasteiger charge is -2.36. The summed E-state index contributed by atoms with van der Waals surface area (Å²) in [6, 6.07) is 4.61. The Morgan fingerprint density at radius 1 is 1.21 bits per heavy atom. The molecule has 0 bridgehead atoms. The smallest absolute Gasteiger partial charge is 0.410 e. The Morgan fingerprint density at radius 2 is 1.93 bits per heavy atom. The van der Waals surface area contributed by atoms with Gasteiger partial charge in [-0.25, -0.2) is 19.7 Å². The SMILES string of the molecule is CC(C)(C)OC(=O)N1CCN(c2ccc([N+](=O)[O-])c(Nc3ccncn3)n2)CC1. The molecule has 0 unspecified atom stereocenters. The predicted octanol–water partition coefficient (Wildman–Crippen LogP) is 2.58. The number of amides is 1. The van der Waals surface area contributed by atoms with Gasteiger partial charge in [0.1, 0.15) is 23.6 Å². The van der Waals surface area contributed by atoms with Gasteiger partial charge in [-0.2, -0.15) is 0 Å². The van der Waals surface area contributed by atoms with Crippen LogP contribution in [0.3, 0.4) is 0 Å². The molecular formula is C18H23N7O4. The van der Waals surface area contributed by atoms with Crippen molar-refractivity contribution in [2.75, 3.05) is 36.4 Å². The van der Waals surface area contributed by atoms with E-state index in [0.717, 1.165) is 0 Å². The van der Waals surface area contributed by atoms with Gasteiger partial charge in [0.05, 0.1) is 4.92 Å². The van der Waals surface area contributed by atoms with Crippen LogP contribution in [0.2, 0.25) is 0 Å². The first-order valence-electron chi connectivity index (χ1n) is 9.14. The van der Waals surface area contributed by atoms with Crippen molar-refractivity contribution < 1.29 is 14.5 Å². The van der Waals surface area contributed by atoms with Gasteiger partial charge in [0.25, 0.3) is 0 Å². The normalized spacial score (nSPS) is 14.4. The molecule has 1 saturated heterocycles. The first kappa shape index (κ1) is 20.2. The van der Waals surface area contributed by atoms with Gasteiger partial charge in [-0.15, -0.1) is 0 Å². The third kappa shape index (κ3) is 5.27. The fourth-order valence-electron chi connectivity index (χ4n) is 2.79. The molecule has 2 aromatic heterocycles. The Hall–Kier alpha value is -3.50. The van der Waals surface area contributed by atoms with Gasteiger partial charge in [0.2, 0.25) is 5.82 Å². The summed E-state index contributed by atoms with van der Waals surface area (Å²) in [7, 11) is 0. The third-order valence-corrected chi connectivity index (χ3v) is 4.14. The summed E-state index contributed by atoms with van der Waals surface area (Å²) in [5.41, 5.74) is -0.699. The van der Waals surface area contributed by atoms with Gasteiger partial charge in [-0.1, -0.05) is 0 Å². The molecule has 11 nitrogen and oxygen atoms in total. The molecule has 0 atom stereocenters. The lowest BCUT2D eigenvalue weighted by Crippen LogP contribution is -2.50. The number of carbonyl (C=O) groups is 1. The van der Waals surface area contributed by atoms with E-state index in [1.807, 2.05) is 25.7 Å². The zero-order valence-electron chi connectivity index (χ0n) is 16.5. The first-order chi connectivity index (χ1) is 13.7. The molecule has 3 heterocycles. The summed E-state index contributed by atoms with van der Waals surface area (Å²) < 4.78 is 5.40. The number of carbonyl (C=O) groups excluding carboxylic acids is 1. The average molecular weight is 401 g/mol. The first-order valence-corrected chi connectivity index (χ1v) is 9.14. The molecular weight excluding hydrogens is 378 g/mol. The number of hydrogen-bond acceptors (Lipinski definition) is 9. The van der Waals surface area contributed by atoms with E-state index in [2.05, 4.69) is 20.3 Å². The van der Waals surface area contributed by atoms with Gasteiger partial charge in [-0.3, -0.25) is 10.1 Å². The van der Waals surface area contributed by atoms with E-state index in [0.29, 0.717) is 37.8 Å². The number of aromatic nitrogens is 3. The Balaban J connectivity index is 1.72. The fraction of sp³-hybridized carbons (Fsp3) is 0.444. The molecule has 154 valence electrons. The van der Waals surface area contributed by atoms with E-state index in [1.54, 1.807) is 17.0 Å². The maximum Gasteiger partial charge on any atom is 0.410 e. The lowest BCUT2D eigenvalue weighted by molar-refractivity contribution is -0.384. The number of ether oxygens (including phenoxy) is 1. The molecule has 2 aromatic rings. The van der Waals surface area contributed by atoms with Crippen LogP contribution in [0.15, 0.2) is 30.7 Å². The number of anilines is 3. The summed E-state index contributed by atoms with van der Waals surface area (Å²) in [6.07, 6.45) is 2.52. The fourth-order valence-corrected chi connectivity index (χ4v) is 2.79. The molecule has 29 heavy (non-hydrogen) atoms. The van der Waals surface area contributed by atoms with Crippen molar-refractivity contribution in [1.82, 2.24) is 19.9 Å². The second-order valence-corrected chi connectivity index (χ2v) is 7.47. The van der Waals surface area contributed by atoms with Crippen molar-refractivity contribution >= 4 is 29.2 Å². The van der Waals surface area contributed by atoms with Crippen LogP contribution >= 0.6 is 0 Å². The monoisotopic (exact) mass is 401 g/mol. The van der Waals surface area contributed by atoms with E-state index in [1.165, 1.54) is 18.6 Å². The standard InChI is InChI=1S/C18H23N7O4/c1-18(2,3)29-17(26)24-10-8-23(9-11-24)15-5-4-13(25(27)28)16(22-15)21-14-6-7-19-12-20-14/h4-7,12H,8-11H2,1-3H3,(H,19,20,21,22). The number of rotatable bonds is 4. The maximum atomic E-state index is 12.2. The molecule has 11 heteroatoms. The molecule has 3 rings (SSSR count). The van der Waals surface area contributed by atoms with Gasteiger partial charge in [0.15, 0.2) is 0 Å². The van der Waals surface area contributed by atoms with Gasteiger partial charge in [0, 0.05) is 38.4 Å². The van der Waals surface area contributed by atoms with Crippen LogP contribution in [0.4, 0.5) is 27.9 Å². The molecule has 0 saturated carbocycles. The van der Waals surface area contributed by atoms with Crippen LogP contribution in [0.25, 0.3) is 0 Å². The minimum Gasteiger partial charge on any atom is -0.444 e. The molecule has 1 aliphatic heterocycles. The van der Waals surface area contributed by atoms with Crippen molar-refractivity contribution in [3.8, 4) is 0 Å². The maximum absolute atomic E-state index is 12.2. The topological polar surface area (TPSA) is 127 Å². The highest BCUT2D eigenvalue weighted by molar-refractivity contribution is 5.69. The summed E-state index contributed by atoms with van der Waals surface area (Å²) in [5, 5.41) is 14.2. The molecule has 0 spiro atoms. The molecule has 1 fully saturated rings. The van der Waals surface area contributed by atoms with Crippen LogP contribution in [-0.4, -0.2) is 62.6 Å². The van der Waals surface area contributed by atoms with Crippen molar-refractivity contribution in [3.05, 3.63) is 40.8 Å². The Kier molecular flexibility index (Phi) is 5.76. The van der Waals surface area contributed by atoms with Gasteiger partial charge >= 0.3 is 11.8 Å². The number of nitrogens with zero attached hydrogens (tertiary/aromatic N) is 6. The van der Waals surface area contributed by atoms with Crippen LogP contribution in [0.5, 0.6) is 0 Å². The van der Waals surface area contributed by atoms with Crippen molar-refractivity contribution in [3.63, 3.8) is 0 Å². The van der Waals surface area contributed by atoms with Gasteiger partial charge < -0.3 is 19.9 Å². The highest BCUT2D eigenvalue weighted by atomic mass is 16.6. The lowest BCUT2D eigenvalue weighted by atomic mass is 10.2. The van der Waals surface area contributed by atoms with Gasteiger partial charge in [-0.05, 0) is 32.9 Å². The van der Waals surface area contributed by atoms with Crippen LogP contribution in [-0.2, 0) is 4.74 Å². The third-order valence-electron chi connectivity index (χ3n) is 4.14. The van der Waals surface area contributed by atoms with E-state index >= 15 is 0 Å². The quantitative estimate of drug-likeness (QED) is 0.607.